The van der Waals surface area contributed by atoms with Crippen molar-refractivity contribution < 1.29 is 37.1 Å². The van der Waals surface area contributed by atoms with Crippen molar-refractivity contribution >= 4 is 34.2 Å². The number of rotatable bonds is 10. The number of ether oxygens (including phenoxy) is 2. The van der Waals surface area contributed by atoms with Gasteiger partial charge in [-0.3, -0.25) is 4.79 Å². The predicted molar refractivity (Wildman–Crippen MR) is 97.7 cm³/mol. The molecule has 0 fully saturated rings. The highest BCUT2D eigenvalue weighted by Crippen LogP contribution is 2.12. The van der Waals surface area contributed by atoms with Crippen LogP contribution in [0.5, 0.6) is 0 Å². The third-order valence-corrected chi connectivity index (χ3v) is 4.63. The molecule has 0 saturated carbocycles. The van der Waals surface area contributed by atoms with Crippen molar-refractivity contribution in [3.8, 4) is 0 Å². The number of esters is 2. The summed E-state index contributed by atoms with van der Waals surface area (Å²) < 4.78 is 36.0. The van der Waals surface area contributed by atoms with Crippen LogP contribution >= 0.6 is 0 Å². The van der Waals surface area contributed by atoms with E-state index in [9.17, 15) is 27.6 Å². The van der Waals surface area contributed by atoms with Crippen LogP contribution in [0.15, 0.2) is 41.3 Å². The van der Waals surface area contributed by atoms with Crippen LogP contribution < -0.4 is 4.72 Å². The van der Waals surface area contributed by atoms with Gasteiger partial charge in [-0.2, -0.15) is 0 Å². The monoisotopic (exact) mass is 411 g/mol. The lowest BCUT2D eigenvalue weighted by atomic mass is 10.2. The van der Waals surface area contributed by atoms with Crippen LogP contribution in [0.2, 0.25) is 0 Å². The van der Waals surface area contributed by atoms with E-state index < -0.39 is 34.0 Å². The summed E-state index contributed by atoms with van der Waals surface area (Å²) in [4.78, 5) is 44.8. The van der Waals surface area contributed by atoms with Gasteiger partial charge in [0, 0.05) is 18.4 Å². The largest absolute Gasteiger partial charge is 0.458 e. The molecule has 0 bridgehead atoms. The number of hydrogen-bond acceptors (Lipinski definition) is 8. The lowest BCUT2D eigenvalue weighted by molar-refractivity contribution is -0.141. The van der Waals surface area contributed by atoms with Crippen LogP contribution in [0.1, 0.15) is 37.0 Å². The Bertz CT molecular complexity index is 858. The second-order valence-corrected chi connectivity index (χ2v) is 7.54. The van der Waals surface area contributed by atoms with E-state index in [-0.39, 0.29) is 35.5 Å². The molecular formula is C18H21NO8S. The molecule has 1 aromatic carbocycles. The normalized spacial score (nSPS) is 11.8. The van der Waals surface area contributed by atoms with Gasteiger partial charge in [-0.1, -0.05) is 6.58 Å². The molecule has 1 atom stereocenters. The second-order valence-electron chi connectivity index (χ2n) is 5.85. The number of aldehydes is 1. The van der Waals surface area contributed by atoms with Gasteiger partial charge in [0.05, 0.1) is 10.5 Å². The first-order chi connectivity index (χ1) is 13.1. The van der Waals surface area contributed by atoms with Crippen LogP contribution in [-0.2, 0) is 33.9 Å². The summed E-state index contributed by atoms with van der Waals surface area (Å²) in [6.45, 7) is 6.28. The van der Waals surface area contributed by atoms with Gasteiger partial charge in [-0.05, 0) is 38.1 Å². The summed E-state index contributed by atoms with van der Waals surface area (Å²) in [6.07, 6.45) is -0.559. The zero-order chi connectivity index (χ0) is 21.3. The quantitative estimate of drug-likeness (QED) is 0.344. The van der Waals surface area contributed by atoms with Crippen LogP contribution in [0.25, 0.3) is 0 Å². The standard InChI is InChI=1S/C18H21NO8S/c1-12(2)17(22)26-11-13(3)27-18(23)14-6-8-15(9-7-14)28(24,25)19-16(21)5-4-10-20/h6-10,13H,1,4-5,11H2,2-3H3,(H,19,21). The van der Waals surface area contributed by atoms with Crippen molar-refractivity contribution in [1.82, 2.24) is 4.72 Å². The summed E-state index contributed by atoms with van der Waals surface area (Å²) in [5.41, 5.74) is 0.290. The summed E-state index contributed by atoms with van der Waals surface area (Å²) >= 11 is 0. The van der Waals surface area contributed by atoms with Gasteiger partial charge in [0.15, 0.2) is 0 Å². The zero-order valence-corrected chi connectivity index (χ0v) is 16.3. The first kappa shape index (κ1) is 23.0. The number of amides is 1. The molecule has 9 nitrogen and oxygen atoms in total. The molecule has 0 aliphatic rings. The number of sulfonamides is 1. The van der Waals surface area contributed by atoms with Crippen molar-refractivity contribution in [2.75, 3.05) is 6.61 Å². The van der Waals surface area contributed by atoms with Gasteiger partial charge in [0.1, 0.15) is 19.0 Å². The summed E-state index contributed by atoms with van der Waals surface area (Å²) in [7, 11) is -4.12. The molecule has 1 N–H and O–H groups in total. The third kappa shape index (κ3) is 7.31. The van der Waals surface area contributed by atoms with E-state index in [2.05, 4.69) is 6.58 Å². The molecule has 0 aromatic heterocycles. The van der Waals surface area contributed by atoms with Gasteiger partial charge in [-0.25, -0.2) is 22.7 Å². The molecule has 0 aliphatic carbocycles. The number of benzene rings is 1. The minimum atomic E-state index is -4.12. The number of carbonyl (C=O) groups excluding carboxylic acids is 4. The third-order valence-electron chi connectivity index (χ3n) is 3.24. The molecule has 0 heterocycles. The van der Waals surface area contributed by atoms with E-state index in [0.29, 0.717) is 6.29 Å². The Morgan fingerprint density at radius 3 is 2.36 bits per heavy atom. The summed E-state index contributed by atoms with van der Waals surface area (Å²) in [5.74, 6) is -2.15. The Kier molecular flexibility index (Phi) is 8.52. The summed E-state index contributed by atoms with van der Waals surface area (Å²) in [5, 5.41) is 0. The molecular weight excluding hydrogens is 390 g/mol. The molecule has 10 heteroatoms. The molecule has 28 heavy (non-hydrogen) atoms. The topological polar surface area (TPSA) is 133 Å². The van der Waals surface area contributed by atoms with E-state index >= 15 is 0 Å². The highest BCUT2D eigenvalue weighted by atomic mass is 32.2. The molecule has 0 aliphatic heterocycles. The molecule has 0 saturated heterocycles. The van der Waals surface area contributed by atoms with E-state index in [1.54, 1.807) is 0 Å². The van der Waals surface area contributed by atoms with E-state index in [0.717, 1.165) is 12.1 Å². The van der Waals surface area contributed by atoms with E-state index in [4.69, 9.17) is 9.47 Å². The number of hydrogen-bond donors (Lipinski definition) is 1. The summed E-state index contributed by atoms with van der Waals surface area (Å²) in [6, 6.07) is 4.72. The van der Waals surface area contributed by atoms with Crippen LogP contribution in [0.3, 0.4) is 0 Å². The average Bonchev–Trinajstić information content (AvgIpc) is 2.64. The fraction of sp³-hybridized carbons (Fsp3) is 0.333. The minimum absolute atomic E-state index is 0.0734. The lowest BCUT2D eigenvalue weighted by Crippen LogP contribution is -2.30. The Morgan fingerprint density at radius 1 is 1.21 bits per heavy atom. The zero-order valence-electron chi connectivity index (χ0n) is 15.5. The minimum Gasteiger partial charge on any atom is -0.458 e. The predicted octanol–water partition coefficient (Wildman–Crippen LogP) is 1.14. The van der Waals surface area contributed by atoms with Gasteiger partial charge in [0.2, 0.25) is 5.91 Å². The van der Waals surface area contributed by atoms with Crippen molar-refractivity contribution in [3.05, 3.63) is 42.0 Å². The smallest absolute Gasteiger partial charge is 0.338 e. The Balaban J connectivity index is 2.69. The van der Waals surface area contributed by atoms with Crippen molar-refractivity contribution in [2.24, 2.45) is 0 Å². The van der Waals surface area contributed by atoms with Crippen LogP contribution in [-0.4, -0.2) is 45.3 Å². The molecule has 0 radical (unpaired) electrons. The number of nitrogens with one attached hydrogen (secondary N) is 1. The number of carbonyl (C=O) groups is 4. The van der Waals surface area contributed by atoms with Gasteiger partial charge in [0.25, 0.3) is 10.0 Å². The van der Waals surface area contributed by atoms with E-state index in [1.165, 1.54) is 26.0 Å². The maximum Gasteiger partial charge on any atom is 0.338 e. The maximum atomic E-state index is 12.1. The molecule has 1 rings (SSSR count). The molecule has 0 spiro atoms. The molecule has 1 amide bonds. The van der Waals surface area contributed by atoms with Crippen molar-refractivity contribution in [1.29, 1.82) is 0 Å². The molecule has 152 valence electrons. The van der Waals surface area contributed by atoms with Gasteiger partial charge < -0.3 is 14.3 Å². The fourth-order valence-corrected chi connectivity index (χ4v) is 2.84. The molecule has 1 aromatic rings. The highest BCUT2D eigenvalue weighted by Gasteiger charge is 2.19. The highest BCUT2D eigenvalue weighted by molar-refractivity contribution is 7.90. The maximum absolute atomic E-state index is 12.1. The second kappa shape index (κ2) is 10.4. The van der Waals surface area contributed by atoms with Gasteiger partial charge in [-0.15, -0.1) is 0 Å². The van der Waals surface area contributed by atoms with Crippen molar-refractivity contribution in [2.45, 2.75) is 37.7 Å². The SMILES string of the molecule is C=C(C)C(=O)OCC(C)OC(=O)c1ccc(S(=O)(=O)NC(=O)CCC=O)cc1. The van der Waals surface area contributed by atoms with Gasteiger partial charge >= 0.3 is 11.9 Å². The lowest BCUT2D eigenvalue weighted by Gasteiger charge is -2.14. The molecule has 1 unspecified atom stereocenters. The first-order valence-corrected chi connectivity index (χ1v) is 9.68. The van der Waals surface area contributed by atoms with Crippen LogP contribution in [0, 0.1) is 0 Å². The Morgan fingerprint density at radius 2 is 1.82 bits per heavy atom. The van der Waals surface area contributed by atoms with Crippen LogP contribution in [0.4, 0.5) is 0 Å². The fourth-order valence-electron chi connectivity index (χ4n) is 1.82. The van der Waals surface area contributed by atoms with Crippen molar-refractivity contribution in [3.63, 3.8) is 0 Å². The Hall–Kier alpha value is -3.01. The van der Waals surface area contributed by atoms with E-state index in [1.807, 2.05) is 4.72 Å². The Labute approximate surface area is 162 Å². The first-order valence-electron chi connectivity index (χ1n) is 8.19. The average molecular weight is 411 g/mol.